The number of nitrogens with zero attached hydrogens (tertiary/aromatic N) is 2. The average Bonchev–Trinajstić information content (AvgIpc) is 3.07. The number of amides is 5. The lowest BCUT2D eigenvalue weighted by Gasteiger charge is -2.42. The number of alkyl halides is 3. The monoisotopic (exact) mass is 807 g/mol. The topological polar surface area (TPSA) is 154 Å². The zero-order valence-corrected chi connectivity index (χ0v) is 35.2. The number of nitrogens with one attached hydrogen (secondary N) is 3. The van der Waals surface area contributed by atoms with Gasteiger partial charge in [0.1, 0.15) is 17.7 Å². The second-order valence-electron chi connectivity index (χ2n) is 16.6. The Bertz CT molecular complexity index is 1780. The van der Waals surface area contributed by atoms with Gasteiger partial charge in [0.15, 0.2) is 11.0 Å². The Morgan fingerprint density at radius 2 is 1.36 bits per heavy atom. The molecule has 12 nitrogen and oxygen atoms in total. The number of hydrogen-bond acceptors (Lipinski definition) is 7. The summed E-state index contributed by atoms with van der Waals surface area (Å²) in [4.78, 5) is 69.4. The van der Waals surface area contributed by atoms with Crippen LogP contribution in [0.2, 0.25) is 0 Å². The molecule has 0 saturated carbocycles. The maximum absolute atomic E-state index is 14.5. The average molecular weight is 808 g/mol. The first-order chi connectivity index (χ1) is 25.5. The summed E-state index contributed by atoms with van der Waals surface area (Å²) in [6.07, 6.45) is -4.26. The van der Waals surface area contributed by atoms with Crippen LogP contribution in [0.1, 0.15) is 81.7 Å². The molecule has 310 valence electrons. The highest BCUT2D eigenvalue weighted by atomic mass is 32.2. The summed E-state index contributed by atoms with van der Waals surface area (Å²) < 4.78 is 58.7. The van der Waals surface area contributed by atoms with Crippen LogP contribution in [-0.4, -0.2) is 87.7 Å². The largest absolute Gasteiger partial charge is 0.471 e. The summed E-state index contributed by atoms with van der Waals surface area (Å²) in [7, 11) is 0.911. The van der Waals surface area contributed by atoms with E-state index in [1.54, 1.807) is 60.0 Å². The molecule has 1 unspecified atom stereocenters. The second kappa shape index (κ2) is 18.5. The van der Waals surface area contributed by atoms with Gasteiger partial charge in [0.05, 0.1) is 10.9 Å². The highest BCUT2D eigenvalue weighted by Crippen LogP contribution is 2.32. The predicted molar refractivity (Wildman–Crippen MR) is 209 cm³/mol. The lowest BCUT2D eigenvalue weighted by Crippen LogP contribution is -2.63. The molecule has 0 radical (unpaired) electrons. The Hall–Kier alpha value is -4.73. The van der Waals surface area contributed by atoms with E-state index in [-0.39, 0.29) is 22.1 Å². The van der Waals surface area contributed by atoms with E-state index in [4.69, 9.17) is 4.74 Å². The molecule has 4 atom stereocenters. The van der Waals surface area contributed by atoms with Crippen LogP contribution in [0.4, 0.5) is 23.7 Å². The van der Waals surface area contributed by atoms with Crippen molar-refractivity contribution in [2.24, 2.45) is 11.3 Å². The van der Waals surface area contributed by atoms with Gasteiger partial charge >= 0.3 is 18.2 Å². The standard InChI is InChI=1S/C40H56F3N5O7S/c1-24(2)29(23-25(3)32(49)46-56(54)28-21-19-27(20-22-28)44-35(52)40(41,42)43)47(12)34(51)30(37(4,5)6)45-33(50)31(48(13)36(53)55-38(7,8)9)39(10,11)26-17-15-14-16-18-26/h14-24,29-31H,1-13H3,(H,44,52)(H,45,50)(H,46,49)/b25-23+/t29-,30-,31-,56?/m1/s1. The number of halogens is 3. The van der Waals surface area contributed by atoms with E-state index < -0.39 is 81.4 Å². The van der Waals surface area contributed by atoms with Gasteiger partial charge in [-0.3, -0.25) is 28.8 Å². The number of carbonyl (C=O) groups excluding carboxylic acids is 5. The number of ether oxygens (including phenoxy) is 1. The number of benzene rings is 2. The van der Waals surface area contributed by atoms with Gasteiger partial charge in [0.2, 0.25) is 11.8 Å². The molecular formula is C40H56F3N5O7S. The summed E-state index contributed by atoms with van der Waals surface area (Å²) in [6.45, 7) is 19.4. The quantitative estimate of drug-likeness (QED) is 0.195. The first-order valence-corrected chi connectivity index (χ1v) is 19.1. The van der Waals surface area contributed by atoms with Gasteiger partial charge in [-0.2, -0.15) is 13.2 Å². The van der Waals surface area contributed by atoms with E-state index in [0.717, 1.165) is 17.7 Å². The van der Waals surface area contributed by atoms with Crippen LogP contribution in [0.3, 0.4) is 0 Å². The molecule has 0 aliphatic heterocycles. The van der Waals surface area contributed by atoms with Crippen LogP contribution in [0, 0.1) is 11.3 Å². The van der Waals surface area contributed by atoms with Crippen LogP contribution in [0.5, 0.6) is 0 Å². The number of hydrogen-bond donors (Lipinski definition) is 3. The minimum Gasteiger partial charge on any atom is -0.444 e. The van der Waals surface area contributed by atoms with Gasteiger partial charge in [0.25, 0.3) is 5.91 Å². The minimum atomic E-state index is -5.09. The van der Waals surface area contributed by atoms with E-state index in [2.05, 4.69) is 10.0 Å². The van der Waals surface area contributed by atoms with Crippen LogP contribution < -0.4 is 15.4 Å². The summed E-state index contributed by atoms with van der Waals surface area (Å²) in [5.74, 6) is -4.19. The van der Waals surface area contributed by atoms with Gasteiger partial charge in [-0.05, 0) is 68.9 Å². The number of likely N-dealkylation sites (N-methyl/N-ethyl adjacent to an activating group) is 2. The Morgan fingerprint density at radius 1 is 0.821 bits per heavy atom. The Balaban J connectivity index is 2.39. The third-order valence-corrected chi connectivity index (χ3v) is 10.0. The van der Waals surface area contributed by atoms with Gasteiger partial charge in [-0.25, -0.2) is 9.00 Å². The number of carbonyl (C=O) groups is 5. The fourth-order valence-corrected chi connectivity index (χ4v) is 6.67. The van der Waals surface area contributed by atoms with E-state index in [0.29, 0.717) is 0 Å². The highest BCUT2D eigenvalue weighted by molar-refractivity contribution is 7.83. The number of rotatable bonds is 13. The molecule has 0 heterocycles. The molecule has 5 amide bonds. The molecule has 0 fully saturated rings. The third kappa shape index (κ3) is 12.9. The molecule has 3 N–H and O–H groups in total. The molecule has 0 spiro atoms. The second-order valence-corrected chi connectivity index (χ2v) is 17.8. The molecule has 2 aromatic rings. The van der Waals surface area contributed by atoms with E-state index in [1.807, 2.05) is 58.0 Å². The van der Waals surface area contributed by atoms with E-state index >= 15 is 0 Å². The molecule has 56 heavy (non-hydrogen) atoms. The van der Waals surface area contributed by atoms with E-state index in [9.17, 15) is 41.4 Å². The van der Waals surface area contributed by atoms with Crippen molar-refractivity contribution in [1.82, 2.24) is 19.8 Å². The smallest absolute Gasteiger partial charge is 0.444 e. The molecule has 0 saturated heterocycles. The van der Waals surface area contributed by atoms with Crippen molar-refractivity contribution in [2.45, 2.75) is 116 Å². The van der Waals surface area contributed by atoms with Crippen LogP contribution in [0.25, 0.3) is 0 Å². The lowest BCUT2D eigenvalue weighted by molar-refractivity contribution is -0.167. The predicted octanol–water partition coefficient (Wildman–Crippen LogP) is 6.50. The van der Waals surface area contributed by atoms with Crippen molar-refractivity contribution < 1.29 is 46.1 Å². The number of anilines is 1. The molecule has 0 bridgehead atoms. The first kappa shape index (κ1) is 47.4. The summed E-state index contributed by atoms with van der Waals surface area (Å²) in [6, 6.07) is 11.0. The Labute approximate surface area is 330 Å². The minimum absolute atomic E-state index is 0.0543. The first-order valence-electron chi connectivity index (χ1n) is 18.0. The highest BCUT2D eigenvalue weighted by Gasteiger charge is 2.46. The molecule has 0 aliphatic rings. The zero-order chi connectivity index (χ0) is 43.1. The Kier molecular flexibility index (Phi) is 15.6. The van der Waals surface area contributed by atoms with Gasteiger partial charge < -0.3 is 20.3 Å². The molecule has 2 aromatic carbocycles. The van der Waals surface area contributed by atoms with Gasteiger partial charge in [0, 0.05) is 30.8 Å². The summed E-state index contributed by atoms with van der Waals surface area (Å²) >= 11 is 0. The molecule has 2 rings (SSSR count). The van der Waals surface area contributed by atoms with Crippen molar-refractivity contribution in [1.29, 1.82) is 0 Å². The Morgan fingerprint density at radius 3 is 1.82 bits per heavy atom. The molecule has 0 aliphatic carbocycles. The normalized spacial score (nSPS) is 14.8. The van der Waals surface area contributed by atoms with Gasteiger partial charge in [-0.1, -0.05) is 84.9 Å². The van der Waals surface area contributed by atoms with Crippen LogP contribution in [-0.2, 0) is 40.3 Å². The lowest BCUT2D eigenvalue weighted by atomic mass is 9.76. The van der Waals surface area contributed by atoms with Gasteiger partial charge in [-0.15, -0.1) is 0 Å². The maximum Gasteiger partial charge on any atom is 0.471 e. The van der Waals surface area contributed by atoms with Crippen molar-refractivity contribution in [3.05, 3.63) is 71.8 Å². The fraction of sp³-hybridized carbons (Fsp3) is 0.525. The SMILES string of the molecule is C/C(=C\[C@H](C(C)C)N(C)C(=O)[C@@H](NC(=O)[C@@H](N(C)C(=O)OC(C)(C)C)C(C)(C)c1ccccc1)C(C)(C)C)C(=O)NS(=O)c1ccc(NC(=O)C(F)(F)F)cc1. The van der Waals surface area contributed by atoms with Crippen molar-refractivity contribution in [3.8, 4) is 0 Å². The molecule has 16 heteroatoms. The van der Waals surface area contributed by atoms with Crippen LogP contribution in [0.15, 0.2) is 71.1 Å². The van der Waals surface area contributed by atoms with Crippen molar-refractivity contribution in [3.63, 3.8) is 0 Å². The van der Waals surface area contributed by atoms with Crippen molar-refractivity contribution >= 4 is 46.4 Å². The zero-order valence-electron chi connectivity index (χ0n) is 34.4. The van der Waals surface area contributed by atoms with Crippen molar-refractivity contribution in [2.75, 3.05) is 19.4 Å². The third-order valence-electron chi connectivity index (χ3n) is 8.94. The van der Waals surface area contributed by atoms with Crippen LogP contribution >= 0.6 is 0 Å². The summed E-state index contributed by atoms with van der Waals surface area (Å²) in [5, 5.41) is 4.64. The maximum atomic E-state index is 14.5. The van der Waals surface area contributed by atoms with E-state index in [1.165, 1.54) is 35.9 Å². The molecular weight excluding hydrogens is 752 g/mol. The molecule has 0 aromatic heterocycles. The fourth-order valence-electron chi connectivity index (χ4n) is 5.84. The summed E-state index contributed by atoms with van der Waals surface area (Å²) in [5.41, 5.74) is -1.91.